The highest BCUT2D eigenvalue weighted by molar-refractivity contribution is 6.31. The summed E-state index contributed by atoms with van der Waals surface area (Å²) in [5.74, 6) is 0.696. The van der Waals surface area contributed by atoms with Gasteiger partial charge >= 0.3 is 0 Å². The fourth-order valence-corrected chi connectivity index (χ4v) is 3.62. The van der Waals surface area contributed by atoms with Crippen LogP contribution in [0.2, 0.25) is 5.02 Å². The van der Waals surface area contributed by atoms with Crippen molar-refractivity contribution in [1.29, 1.82) is 0 Å². The predicted molar refractivity (Wildman–Crippen MR) is 106 cm³/mol. The molecule has 2 heterocycles. The first-order valence-electron chi connectivity index (χ1n) is 8.96. The number of hydrogen-bond donors (Lipinski definition) is 2. The quantitative estimate of drug-likeness (QED) is 0.813. The van der Waals surface area contributed by atoms with Crippen molar-refractivity contribution in [3.8, 4) is 0 Å². The van der Waals surface area contributed by atoms with Gasteiger partial charge in [0.25, 0.3) is 0 Å². The van der Waals surface area contributed by atoms with Crippen LogP contribution in [-0.2, 0) is 16.0 Å². The van der Waals surface area contributed by atoms with Crippen LogP contribution in [-0.4, -0.2) is 35.6 Å². The highest BCUT2D eigenvalue weighted by Crippen LogP contribution is 2.33. The molecule has 1 fully saturated rings. The third-order valence-corrected chi connectivity index (χ3v) is 4.90. The van der Waals surface area contributed by atoms with Crippen LogP contribution in [0.25, 0.3) is 0 Å². The van der Waals surface area contributed by atoms with Crippen LogP contribution >= 0.6 is 11.6 Å². The van der Waals surface area contributed by atoms with Crippen molar-refractivity contribution in [2.75, 3.05) is 30.4 Å². The minimum atomic E-state index is -0.324. The molecule has 7 nitrogen and oxygen atoms in total. The molecule has 0 aliphatic carbocycles. The van der Waals surface area contributed by atoms with Gasteiger partial charge in [0.05, 0.1) is 12.6 Å². The SMILES string of the molecule is Cc1cc(N2CCCOCC2c2ccc(CCC(N)=O)cc2Cl)nc(N)n1. The Morgan fingerprint density at radius 3 is 2.89 bits per heavy atom. The number of ether oxygens (including phenoxy) is 1. The van der Waals surface area contributed by atoms with E-state index in [0.29, 0.717) is 31.1 Å². The normalized spacial score (nSPS) is 17.6. The molecule has 2 aromatic rings. The molecule has 1 atom stereocenters. The van der Waals surface area contributed by atoms with E-state index in [0.717, 1.165) is 35.6 Å². The van der Waals surface area contributed by atoms with Crippen molar-refractivity contribution in [2.45, 2.75) is 32.2 Å². The van der Waals surface area contributed by atoms with Gasteiger partial charge in [0.2, 0.25) is 11.9 Å². The summed E-state index contributed by atoms with van der Waals surface area (Å²) in [5.41, 5.74) is 13.8. The van der Waals surface area contributed by atoms with Gasteiger partial charge in [0.1, 0.15) is 5.82 Å². The number of nitrogens with zero attached hydrogens (tertiary/aromatic N) is 3. The van der Waals surface area contributed by atoms with Gasteiger partial charge in [0.15, 0.2) is 0 Å². The van der Waals surface area contributed by atoms with Crippen LogP contribution in [0.4, 0.5) is 11.8 Å². The third kappa shape index (κ3) is 4.87. The van der Waals surface area contributed by atoms with Crippen molar-refractivity contribution in [2.24, 2.45) is 5.73 Å². The van der Waals surface area contributed by atoms with E-state index in [1.54, 1.807) is 0 Å². The predicted octanol–water partition coefficient (Wildman–Crippen LogP) is 2.41. The van der Waals surface area contributed by atoms with Gasteiger partial charge in [-0.05, 0) is 37.0 Å². The molecule has 144 valence electrons. The molecule has 1 aromatic carbocycles. The second-order valence-electron chi connectivity index (χ2n) is 6.69. The molecule has 3 rings (SSSR count). The maximum atomic E-state index is 11.0. The van der Waals surface area contributed by atoms with E-state index in [2.05, 4.69) is 14.9 Å². The molecule has 1 saturated heterocycles. The lowest BCUT2D eigenvalue weighted by atomic mass is 10.0. The van der Waals surface area contributed by atoms with Crippen molar-refractivity contribution in [3.63, 3.8) is 0 Å². The largest absolute Gasteiger partial charge is 0.379 e. The van der Waals surface area contributed by atoms with Gasteiger partial charge in [-0.1, -0.05) is 23.7 Å². The Morgan fingerprint density at radius 1 is 1.37 bits per heavy atom. The maximum Gasteiger partial charge on any atom is 0.222 e. The molecule has 1 aliphatic heterocycles. The summed E-state index contributed by atoms with van der Waals surface area (Å²) in [7, 11) is 0. The van der Waals surface area contributed by atoms with Crippen LogP contribution in [0.1, 0.15) is 35.7 Å². The number of halogens is 1. The summed E-state index contributed by atoms with van der Waals surface area (Å²) < 4.78 is 5.80. The lowest BCUT2D eigenvalue weighted by Crippen LogP contribution is -2.32. The molecular formula is C19H24ClN5O2. The van der Waals surface area contributed by atoms with Crippen LogP contribution < -0.4 is 16.4 Å². The number of hydrogen-bond acceptors (Lipinski definition) is 6. The number of rotatable bonds is 5. The van der Waals surface area contributed by atoms with Crippen molar-refractivity contribution < 1.29 is 9.53 Å². The summed E-state index contributed by atoms with van der Waals surface area (Å²) in [4.78, 5) is 21.8. The van der Waals surface area contributed by atoms with E-state index in [4.69, 9.17) is 27.8 Å². The zero-order valence-electron chi connectivity index (χ0n) is 15.3. The van der Waals surface area contributed by atoms with Gasteiger partial charge < -0.3 is 21.1 Å². The van der Waals surface area contributed by atoms with Gasteiger partial charge in [-0.3, -0.25) is 4.79 Å². The molecule has 0 bridgehead atoms. The Hall–Kier alpha value is -2.38. The highest BCUT2D eigenvalue weighted by Gasteiger charge is 2.27. The number of carbonyl (C=O) groups excluding carboxylic acids is 1. The Balaban J connectivity index is 1.92. The smallest absolute Gasteiger partial charge is 0.222 e. The van der Waals surface area contributed by atoms with Crippen LogP contribution in [0.5, 0.6) is 0 Å². The summed E-state index contributed by atoms with van der Waals surface area (Å²) in [5, 5.41) is 0.635. The summed E-state index contributed by atoms with van der Waals surface area (Å²) in [6.07, 6.45) is 1.75. The number of nitrogen functional groups attached to an aromatic ring is 1. The fraction of sp³-hybridized carbons (Fsp3) is 0.421. The summed E-state index contributed by atoms with van der Waals surface area (Å²) in [6, 6.07) is 7.69. The second kappa shape index (κ2) is 8.54. The maximum absolute atomic E-state index is 11.0. The average molecular weight is 390 g/mol. The minimum absolute atomic E-state index is 0.0844. The third-order valence-electron chi connectivity index (χ3n) is 4.58. The molecule has 4 N–H and O–H groups in total. The van der Waals surface area contributed by atoms with E-state index in [-0.39, 0.29) is 17.9 Å². The van der Waals surface area contributed by atoms with Gasteiger partial charge in [-0.2, -0.15) is 4.98 Å². The Bertz CT molecular complexity index is 809. The summed E-state index contributed by atoms with van der Waals surface area (Å²) >= 11 is 6.59. The lowest BCUT2D eigenvalue weighted by molar-refractivity contribution is -0.117. The number of aromatic nitrogens is 2. The van der Waals surface area contributed by atoms with Gasteiger partial charge in [-0.25, -0.2) is 4.98 Å². The zero-order chi connectivity index (χ0) is 19.4. The van der Waals surface area contributed by atoms with E-state index >= 15 is 0 Å². The van der Waals surface area contributed by atoms with E-state index in [1.807, 2.05) is 31.2 Å². The number of benzene rings is 1. The Morgan fingerprint density at radius 2 is 2.19 bits per heavy atom. The second-order valence-corrected chi connectivity index (χ2v) is 7.09. The number of aryl methyl sites for hydroxylation is 2. The van der Waals surface area contributed by atoms with Crippen LogP contribution in [0.3, 0.4) is 0 Å². The molecule has 0 saturated carbocycles. The number of anilines is 2. The minimum Gasteiger partial charge on any atom is -0.379 e. The van der Waals surface area contributed by atoms with E-state index in [9.17, 15) is 4.79 Å². The van der Waals surface area contributed by atoms with E-state index in [1.165, 1.54) is 0 Å². The number of carbonyl (C=O) groups is 1. The van der Waals surface area contributed by atoms with Crippen LogP contribution in [0.15, 0.2) is 24.3 Å². The first kappa shape index (κ1) is 19.4. The Kier molecular flexibility index (Phi) is 6.13. The van der Waals surface area contributed by atoms with Crippen molar-refractivity contribution >= 4 is 29.3 Å². The highest BCUT2D eigenvalue weighted by atomic mass is 35.5. The van der Waals surface area contributed by atoms with Gasteiger partial charge in [0, 0.05) is 36.4 Å². The fourth-order valence-electron chi connectivity index (χ4n) is 3.30. The topological polar surface area (TPSA) is 107 Å². The average Bonchev–Trinajstić information content (AvgIpc) is 2.85. The first-order chi connectivity index (χ1) is 12.9. The molecular weight excluding hydrogens is 366 g/mol. The molecule has 1 aliphatic rings. The summed E-state index contributed by atoms with van der Waals surface area (Å²) in [6.45, 7) is 3.86. The number of nitrogens with two attached hydrogens (primary N) is 2. The molecule has 0 spiro atoms. The molecule has 8 heteroatoms. The molecule has 1 amide bonds. The molecule has 0 radical (unpaired) electrons. The lowest BCUT2D eigenvalue weighted by Gasteiger charge is -2.31. The van der Waals surface area contributed by atoms with Crippen molar-refractivity contribution in [3.05, 3.63) is 46.1 Å². The monoisotopic (exact) mass is 389 g/mol. The molecule has 27 heavy (non-hydrogen) atoms. The zero-order valence-corrected chi connectivity index (χ0v) is 16.1. The standard InChI is InChI=1S/C19H24ClN5O2/c1-12-9-18(24-19(22)23-12)25-7-2-8-27-11-16(25)14-5-3-13(10-15(14)20)4-6-17(21)26/h3,5,9-10,16H,2,4,6-8,11H2,1H3,(H2,21,26)(H2,22,23,24). The molecule has 1 unspecified atom stereocenters. The van der Waals surface area contributed by atoms with Crippen LogP contribution in [0, 0.1) is 6.92 Å². The van der Waals surface area contributed by atoms with Gasteiger partial charge in [-0.15, -0.1) is 0 Å². The number of primary amides is 1. The van der Waals surface area contributed by atoms with Crippen molar-refractivity contribution in [1.82, 2.24) is 9.97 Å². The molecule has 1 aromatic heterocycles. The van der Waals surface area contributed by atoms with E-state index < -0.39 is 0 Å². The Labute approximate surface area is 163 Å². The number of amides is 1. The first-order valence-corrected chi connectivity index (χ1v) is 9.34.